The Kier molecular flexibility index (Phi) is 15.3. The number of hydrogen-bond acceptors (Lipinski definition) is 7. The fraction of sp³-hybridized carbons (Fsp3) is 0.385. The number of aliphatic hydroxyl groups is 2. The van der Waals surface area contributed by atoms with Crippen molar-refractivity contribution in [1.29, 1.82) is 0 Å². The minimum atomic E-state index is -3.44. The van der Waals surface area contributed by atoms with Crippen molar-refractivity contribution in [2.75, 3.05) is 45.6 Å². The zero-order valence-corrected chi connectivity index (χ0v) is 29.9. The fourth-order valence-electron chi connectivity index (χ4n) is 5.98. The van der Waals surface area contributed by atoms with E-state index in [0.29, 0.717) is 5.92 Å². The van der Waals surface area contributed by atoms with Crippen LogP contribution in [0.4, 0.5) is 0 Å². The minimum Gasteiger partial charge on any atom is -0.389 e. The van der Waals surface area contributed by atoms with Crippen LogP contribution in [0.15, 0.2) is 121 Å². The van der Waals surface area contributed by atoms with Crippen molar-refractivity contribution in [2.24, 2.45) is 0 Å². The van der Waals surface area contributed by atoms with Gasteiger partial charge in [0.15, 0.2) is 0 Å². The molecule has 2 aliphatic rings. The number of benzene rings is 4. The maximum atomic E-state index is 11.2. The van der Waals surface area contributed by atoms with Crippen molar-refractivity contribution < 1.29 is 22.8 Å². The Bertz CT molecular complexity index is 1490. The van der Waals surface area contributed by atoms with Crippen LogP contribution in [0.5, 0.6) is 0 Å². The van der Waals surface area contributed by atoms with Crippen LogP contribution in [0.2, 0.25) is 0 Å². The number of likely N-dealkylation sites (tertiary alicyclic amines) is 1. The minimum absolute atomic E-state index is 0. The standard InChI is InChI=1S/C19H23NO.C15H16O3S.C5H11NO.ClH/c1-19(21)12-13-20(15-19)14-18(16-8-4-2-5-9-16)17-10-6-3-7-11-17;1-19(16,17)18-12-15(13-8-4-2-5-9-13)14-10-6-3-7-11-14;1-5(7)2-3-6-4-5;/h2-11,18,21H,12-15H2,1H3;2-11,15H,12H2,1H3;6-7H,2-4H2,1H3;1H. The van der Waals surface area contributed by atoms with E-state index >= 15 is 0 Å². The van der Waals surface area contributed by atoms with Crippen LogP contribution in [0.1, 0.15) is 60.8 Å². The molecule has 260 valence electrons. The number of nitrogens with zero attached hydrogens (tertiary/aromatic N) is 1. The van der Waals surface area contributed by atoms with Crippen LogP contribution in [-0.4, -0.2) is 80.3 Å². The highest BCUT2D eigenvalue weighted by molar-refractivity contribution is 7.85. The van der Waals surface area contributed by atoms with E-state index in [-0.39, 0.29) is 24.9 Å². The highest BCUT2D eigenvalue weighted by Gasteiger charge is 2.32. The summed E-state index contributed by atoms with van der Waals surface area (Å²) >= 11 is 0. The molecule has 6 rings (SSSR count). The number of hydrogen-bond donors (Lipinski definition) is 3. The Morgan fingerprint density at radius 2 is 1.12 bits per heavy atom. The van der Waals surface area contributed by atoms with Gasteiger partial charge in [-0.2, -0.15) is 8.42 Å². The van der Waals surface area contributed by atoms with Gasteiger partial charge in [-0.25, -0.2) is 0 Å². The predicted octanol–water partition coefficient (Wildman–Crippen LogP) is 6.22. The van der Waals surface area contributed by atoms with E-state index in [4.69, 9.17) is 9.29 Å². The molecule has 9 heteroatoms. The van der Waals surface area contributed by atoms with Gasteiger partial charge in [0, 0.05) is 38.0 Å². The van der Waals surface area contributed by atoms with Crippen molar-refractivity contribution in [1.82, 2.24) is 10.2 Å². The van der Waals surface area contributed by atoms with Crippen LogP contribution in [0.3, 0.4) is 0 Å². The number of halogens is 1. The Balaban J connectivity index is 0.000000214. The first kappa shape index (κ1) is 39.4. The van der Waals surface area contributed by atoms with Crippen LogP contribution in [0, 0.1) is 0 Å². The highest BCUT2D eigenvalue weighted by atomic mass is 35.5. The van der Waals surface area contributed by atoms with E-state index in [1.807, 2.05) is 74.5 Å². The zero-order valence-electron chi connectivity index (χ0n) is 28.2. The molecule has 48 heavy (non-hydrogen) atoms. The molecule has 0 bridgehead atoms. The second-order valence-electron chi connectivity index (χ2n) is 13.1. The second kappa shape index (κ2) is 18.6. The summed E-state index contributed by atoms with van der Waals surface area (Å²) in [7, 11) is -3.44. The first-order valence-corrected chi connectivity index (χ1v) is 18.1. The molecule has 2 unspecified atom stereocenters. The second-order valence-corrected chi connectivity index (χ2v) is 14.8. The first-order chi connectivity index (χ1) is 22.4. The number of nitrogens with one attached hydrogen (secondary N) is 1. The van der Waals surface area contributed by atoms with Crippen LogP contribution in [0.25, 0.3) is 0 Å². The molecule has 2 heterocycles. The lowest BCUT2D eigenvalue weighted by atomic mass is 9.91. The van der Waals surface area contributed by atoms with Crippen LogP contribution < -0.4 is 5.32 Å². The zero-order chi connectivity index (χ0) is 33.8. The van der Waals surface area contributed by atoms with E-state index in [0.717, 1.165) is 62.9 Å². The molecule has 0 saturated carbocycles. The van der Waals surface area contributed by atoms with Gasteiger partial charge in [0.25, 0.3) is 10.1 Å². The lowest BCUT2D eigenvalue weighted by Crippen LogP contribution is -2.32. The lowest BCUT2D eigenvalue weighted by molar-refractivity contribution is 0.0684. The fourth-order valence-corrected chi connectivity index (χ4v) is 6.36. The first-order valence-electron chi connectivity index (χ1n) is 16.3. The third-order valence-electron chi connectivity index (χ3n) is 8.57. The van der Waals surface area contributed by atoms with Crippen molar-refractivity contribution in [3.63, 3.8) is 0 Å². The third kappa shape index (κ3) is 13.4. The molecule has 4 aromatic rings. The molecular formula is C39H51ClN2O5S. The average molecular weight is 695 g/mol. The molecule has 0 aliphatic carbocycles. The topological polar surface area (TPSA) is 99.1 Å². The summed E-state index contributed by atoms with van der Waals surface area (Å²) in [6, 6.07) is 40.8. The number of rotatable bonds is 9. The van der Waals surface area contributed by atoms with Gasteiger partial charge in [-0.05, 0) is 55.5 Å². The summed E-state index contributed by atoms with van der Waals surface area (Å²) in [5, 5.41) is 22.4. The molecule has 4 aromatic carbocycles. The monoisotopic (exact) mass is 694 g/mol. The average Bonchev–Trinajstić information content (AvgIpc) is 3.64. The summed E-state index contributed by atoms with van der Waals surface area (Å²) in [6.45, 7) is 8.34. The summed E-state index contributed by atoms with van der Waals surface area (Å²) in [4.78, 5) is 2.38. The summed E-state index contributed by atoms with van der Waals surface area (Å²) in [5.41, 5.74) is 3.82. The van der Waals surface area contributed by atoms with Gasteiger partial charge in [-0.15, -0.1) is 12.4 Å². The van der Waals surface area contributed by atoms with Gasteiger partial charge in [-0.3, -0.25) is 9.08 Å². The van der Waals surface area contributed by atoms with Gasteiger partial charge in [0.05, 0.1) is 24.1 Å². The molecule has 0 spiro atoms. The smallest absolute Gasteiger partial charge is 0.264 e. The normalized spacial score (nSPS) is 20.7. The maximum Gasteiger partial charge on any atom is 0.264 e. The van der Waals surface area contributed by atoms with E-state index < -0.39 is 21.3 Å². The van der Waals surface area contributed by atoms with Crippen molar-refractivity contribution in [2.45, 2.75) is 49.7 Å². The molecule has 0 aromatic heterocycles. The van der Waals surface area contributed by atoms with Gasteiger partial charge < -0.3 is 15.5 Å². The molecule has 0 amide bonds. The molecular weight excluding hydrogens is 644 g/mol. The van der Waals surface area contributed by atoms with Gasteiger partial charge in [0.2, 0.25) is 0 Å². The number of β-amino-alcohol motifs (C(OH)–C–C–N with tert-alkyl or cyclic N) is 2. The third-order valence-corrected chi connectivity index (χ3v) is 9.14. The SMILES string of the molecule is CC1(O)CCN(CC(c2ccccc2)c2ccccc2)C1.CC1(O)CCNC1.CS(=O)(=O)OCC(c1ccccc1)c1ccccc1.Cl. The van der Waals surface area contributed by atoms with Gasteiger partial charge >= 0.3 is 0 Å². The molecule has 2 atom stereocenters. The van der Waals surface area contributed by atoms with E-state index in [1.165, 1.54) is 11.1 Å². The van der Waals surface area contributed by atoms with E-state index in [2.05, 4.69) is 70.9 Å². The van der Waals surface area contributed by atoms with Crippen molar-refractivity contribution in [3.8, 4) is 0 Å². The molecule has 0 radical (unpaired) electrons. The highest BCUT2D eigenvalue weighted by Crippen LogP contribution is 2.29. The summed E-state index contributed by atoms with van der Waals surface area (Å²) < 4.78 is 27.3. The predicted molar refractivity (Wildman–Crippen MR) is 197 cm³/mol. The van der Waals surface area contributed by atoms with Crippen LogP contribution >= 0.6 is 12.4 Å². The largest absolute Gasteiger partial charge is 0.389 e. The van der Waals surface area contributed by atoms with Crippen LogP contribution in [-0.2, 0) is 14.3 Å². The van der Waals surface area contributed by atoms with E-state index in [9.17, 15) is 13.5 Å². The maximum absolute atomic E-state index is 11.2. The lowest BCUT2D eigenvalue weighted by Gasteiger charge is -2.25. The van der Waals surface area contributed by atoms with Gasteiger partial charge in [0.1, 0.15) is 0 Å². The quantitative estimate of drug-likeness (QED) is 0.179. The van der Waals surface area contributed by atoms with Crippen molar-refractivity contribution in [3.05, 3.63) is 144 Å². The van der Waals surface area contributed by atoms with Gasteiger partial charge in [-0.1, -0.05) is 121 Å². The molecule has 3 N–H and O–H groups in total. The Morgan fingerprint density at radius 3 is 1.42 bits per heavy atom. The molecule has 7 nitrogen and oxygen atoms in total. The molecule has 2 fully saturated rings. The summed E-state index contributed by atoms with van der Waals surface area (Å²) in [6.07, 6.45) is 2.83. The Morgan fingerprint density at radius 1 is 0.708 bits per heavy atom. The van der Waals surface area contributed by atoms with E-state index in [1.54, 1.807) is 0 Å². The Hall–Kier alpha value is -3.08. The summed E-state index contributed by atoms with van der Waals surface area (Å²) in [5.74, 6) is 0.276. The molecule has 2 saturated heterocycles. The van der Waals surface area contributed by atoms with Crippen molar-refractivity contribution >= 4 is 22.5 Å². The Labute approximate surface area is 293 Å². The molecule has 2 aliphatic heterocycles.